The lowest BCUT2D eigenvalue weighted by molar-refractivity contribution is 0.0598. The minimum absolute atomic E-state index is 0.00670. The van der Waals surface area contributed by atoms with Crippen LogP contribution in [0.2, 0.25) is 0 Å². The Hall–Kier alpha value is -1.97. The molecule has 0 spiro atoms. The normalized spacial score (nSPS) is 25.7. The molecule has 1 saturated carbocycles. The molecule has 1 aliphatic carbocycles. The molecule has 0 aromatic heterocycles. The van der Waals surface area contributed by atoms with Gasteiger partial charge in [0, 0.05) is 19.1 Å². The lowest BCUT2D eigenvalue weighted by atomic mass is 9.98. The molecule has 1 heterocycles. The van der Waals surface area contributed by atoms with Gasteiger partial charge in [0.05, 0.1) is 30.2 Å². The van der Waals surface area contributed by atoms with Crippen molar-refractivity contribution < 1.29 is 27.5 Å². The van der Waals surface area contributed by atoms with Gasteiger partial charge in [0.1, 0.15) is 0 Å². The van der Waals surface area contributed by atoms with Crippen molar-refractivity contribution in [2.75, 3.05) is 27.3 Å². The van der Waals surface area contributed by atoms with Crippen molar-refractivity contribution in [3.05, 3.63) is 29.3 Å². The number of nitrogens with two attached hydrogens (primary N) is 1. The van der Waals surface area contributed by atoms with Gasteiger partial charge in [0.25, 0.3) is 0 Å². The van der Waals surface area contributed by atoms with Crippen molar-refractivity contribution in [3.8, 4) is 0 Å². The van der Waals surface area contributed by atoms with Gasteiger partial charge in [-0.15, -0.1) is 0 Å². The van der Waals surface area contributed by atoms with Gasteiger partial charge in [-0.25, -0.2) is 18.0 Å². The van der Waals surface area contributed by atoms with Crippen molar-refractivity contribution in [3.63, 3.8) is 0 Å². The van der Waals surface area contributed by atoms with Crippen molar-refractivity contribution >= 4 is 22.0 Å². The summed E-state index contributed by atoms with van der Waals surface area (Å²) in [5, 5.41) is 0. The third kappa shape index (κ3) is 3.22. The van der Waals surface area contributed by atoms with Gasteiger partial charge < -0.3 is 15.2 Å². The summed E-state index contributed by atoms with van der Waals surface area (Å²) in [5.41, 5.74) is 6.04. The van der Waals surface area contributed by atoms with Gasteiger partial charge in [-0.3, -0.25) is 0 Å². The number of sulfonamides is 1. The summed E-state index contributed by atoms with van der Waals surface area (Å²) in [4.78, 5) is 23.6. The van der Waals surface area contributed by atoms with Crippen LogP contribution in [0.5, 0.6) is 0 Å². The van der Waals surface area contributed by atoms with Crippen LogP contribution in [-0.4, -0.2) is 58.0 Å². The zero-order valence-electron chi connectivity index (χ0n) is 14.7. The zero-order valence-corrected chi connectivity index (χ0v) is 15.5. The first-order chi connectivity index (χ1) is 12.3. The summed E-state index contributed by atoms with van der Waals surface area (Å²) in [6.45, 7) is 0.751. The molecular weight excluding hydrogens is 360 g/mol. The van der Waals surface area contributed by atoms with E-state index in [0.29, 0.717) is 13.1 Å². The van der Waals surface area contributed by atoms with Crippen LogP contribution in [-0.2, 0) is 19.5 Å². The van der Waals surface area contributed by atoms with E-state index >= 15 is 0 Å². The van der Waals surface area contributed by atoms with E-state index in [9.17, 15) is 18.0 Å². The highest BCUT2D eigenvalue weighted by Gasteiger charge is 2.45. The smallest absolute Gasteiger partial charge is 0.337 e. The number of hydrogen-bond donors (Lipinski definition) is 1. The van der Waals surface area contributed by atoms with Crippen LogP contribution in [0, 0.1) is 11.8 Å². The molecule has 1 saturated heterocycles. The van der Waals surface area contributed by atoms with E-state index in [1.807, 2.05) is 0 Å². The molecule has 26 heavy (non-hydrogen) atoms. The fraction of sp³-hybridized carbons (Fsp3) is 0.529. The topological polar surface area (TPSA) is 116 Å². The van der Waals surface area contributed by atoms with Gasteiger partial charge in [0.2, 0.25) is 10.0 Å². The van der Waals surface area contributed by atoms with Gasteiger partial charge in [0.15, 0.2) is 0 Å². The number of carbonyl (C=O) groups is 2. The Balaban J connectivity index is 1.99. The second-order valence-electron chi connectivity index (χ2n) is 6.72. The van der Waals surface area contributed by atoms with E-state index < -0.39 is 22.0 Å². The van der Waals surface area contributed by atoms with Crippen LogP contribution in [0.4, 0.5) is 0 Å². The minimum atomic E-state index is -3.87. The fourth-order valence-electron chi connectivity index (χ4n) is 3.83. The highest BCUT2D eigenvalue weighted by Crippen LogP contribution is 2.39. The highest BCUT2D eigenvalue weighted by molar-refractivity contribution is 7.89. The first-order valence-electron chi connectivity index (χ1n) is 8.35. The molecule has 0 radical (unpaired) electrons. The van der Waals surface area contributed by atoms with E-state index in [2.05, 4.69) is 9.47 Å². The SMILES string of the molecule is COC(=O)c1cc(C(=O)OC)cc(S(=O)(=O)N2CC3CCC(N)C3C2)c1. The standard InChI is InChI=1S/C17H22N2O6S/c1-24-16(20)11-5-12(17(21)25-2)7-13(6-11)26(22,23)19-8-10-3-4-15(18)14(10)9-19/h5-7,10,14-15H,3-4,8-9,18H2,1-2H3. The average molecular weight is 382 g/mol. The summed E-state index contributed by atoms with van der Waals surface area (Å²) in [5.74, 6) is -1.06. The third-order valence-electron chi connectivity index (χ3n) is 5.27. The molecule has 1 aromatic carbocycles. The molecule has 8 nitrogen and oxygen atoms in total. The first-order valence-corrected chi connectivity index (χ1v) is 9.79. The van der Waals surface area contributed by atoms with Crippen LogP contribution < -0.4 is 5.73 Å². The maximum absolute atomic E-state index is 13.1. The summed E-state index contributed by atoms with van der Waals surface area (Å²) < 4.78 is 36.9. The Morgan fingerprint density at radius 2 is 1.62 bits per heavy atom. The quantitative estimate of drug-likeness (QED) is 0.759. The van der Waals surface area contributed by atoms with Crippen molar-refractivity contribution in [1.82, 2.24) is 4.31 Å². The van der Waals surface area contributed by atoms with Crippen LogP contribution >= 0.6 is 0 Å². The van der Waals surface area contributed by atoms with Gasteiger partial charge in [-0.2, -0.15) is 4.31 Å². The Morgan fingerprint density at radius 3 is 2.12 bits per heavy atom. The molecule has 3 rings (SSSR count). The highest BCUT2D eigenvalue weighted by atomic mass is 32.2. The molecule has 1 aliphatic heterocycles. The Morgan fingerprint density at radius 1 is 1.04 bits per heavy atom. The Bertz CT molecular complexity index is 803. The predicted octanol–water partition coefficient (Wildman–Crippen LogP) is 0.618. The number of ether oxygens (including phenoxy) is 2. The van der Waals surface area contributed by atoms with E-state index in [4.69, 9.17) is 5.73 Å². The van der Waals surface area contributed by atoms with E-state index in [1.165, 1.54) is 36.7 Å². The third-order valence-corrected chi connectivity index (χ3v) is 7.07. The molecule has 2 aliphatic rings. The largest absolute Gasteiger partial charge is 0.465 e. The van der Waals surface area contributed by atoms with Crippen molar-refractivity contribution in [1.29, 1.82) is 0 Å². The monoisotopic (exact) mass is 382 g/mol. The number of methoxy groups -OCH3 is 2. The van der Waals surface area contributed by atoms with E-state index in [1.54, 1.807) is 0 Å². The van der Waals surface area contributed by atoms with E-state index in [0.717, 1.165) is 12.8 Å². The second-order valence-corrected chi connectivity index (χ2v) is 8.65. The van der Waals surface area contributed by atoms with Crippen LogP contribution in [0.15, 0.2) is 23.1 Å². The Kier molecular flexibility index (Phi) is 5.05. The number of rotatable bonds is 4. The van der Waals surface area contributed by atoms with Crippen LogP contribution in [0.25, 0.3) is 0 Å². The molecule has 1 aromatic rings. The Labute approximate surface area is 152 Å². The molecular formula is C17H22N2O6S. The van der Waals surface area contributed by atoms with E-state index in [-0.39, 0.29) is 33.9 Å². The average Bonchev–Trinajstić information content (AvgIpc) is 3.22. The fourth-order valence-corrected chi connectivity index (χ4v) is 5.44. The summed E-state index contributed by atoms with van der Waals surface area (Å²) in [7, 11) is -1.50. The number of carbonyl (C=O) groups excluding carboxylic acids is 2. The lowest BCUT2D eigenvalue weighted by Gasteiger charge is -2.19. The number of benzene rings is 1. The predicted molar refractivity (Wildman–Crippen MR) is 92.1 cm³/mol. The number of esters is 2. The maximum Gasteiger partial charge on any atom is 0.337 e. The summed E-state index contributed by atoms with van der Waals surface area (Å²) >= 11 is 0. The first kappa shape index (κ1) is 18.8. The second kappa shape index (κ2) is 6.98. The molecule has 142 valence electrons. The van der Waals surface area contributed by atoms with Crippen molar-refractivity contribution in [2.24, 2.45) is 17.6 Å². The minimum Gasteiger partial charge on any atom is -0.465 e. The molecule has 2 N–H and O–H groups in total. The number of hydrogen-bond acceptors (Lipinski definition) is 7. The lowest BCUT2D eigenvalue weighted by Crippen LogP contribution is -2.33. The molecule has 9 heteroatoms. The van der Waals surface area contributed by atoms with Crippen LogP contribution in [0.1, 0.15) is 33.6 Å². The molecule has 3 atom stereocenters. The number of fused-ring (bicyclic) bond motifs is 1. The van der Waals surface area contributed by atoms with Gasteiger partial charge in [-0.05, 0) is 42.9 Å². The number of nitrogens with zero attached hydrogens (tertiary/aromatic N) is 1. The summed E-state index contributed by atoms with van der Waals surface area (Å²) in [6, 6.07) is 3.71. The molecule has 0 bridgehead atoms. The molecule has 3 unspecified atom stereocenters. The van der Waals surface area contributed by atoms with Crippen LogP contribution in [0.3, 0.4) is 0 Å². The molecule has 2 fully saturated rings. The van der Waals surface area contributed by atoms with Gasteiger partial charge in [-0.1, -0.05) is 0 Å². The van der Waals surface area contributed by atoms with Gasteiger partial charge >= 0.3 is 11.9 Å². The molecule has 0 amide bonds. The summed E-state index contributed by atoms with van der Waals surface area (Å²) in [6.07, 6.45) is 1.82. The zero-order chi connectivity index (χ0) is 19.1. The van der Waals surface area contributed by atoms with Crippen molar-refractivity contribution in [2.45, 2.75) is 23.8 Å². The maximum atomic E-state index is 13.1.